The molecule has 1 heterocycles. The minimum Gasteiger partial charge on any atom is -0.326 e. The van der Waals surface area contributed by atoms with E-state index in [2.05, 4.69) is 69.0 Å². The SMILES string of the molecule is CC(=O)Nc1ccc(Nc2nc(Nc3cccc4c(C)cccc34)nc(Nc3cccc4c(S)cccc34)n2)cc1. The van der Waals surface area contributed by atoms with Gasteiger partial charge in [-0.05, 0) is 65.7 Å². The number of nitrogens with one attached hydrogen (secondary N) is 4. The number of hydrogen-bond acceptors (Lipinski definition) is 8. The molecule has 4 N–H and O–H groups in total. The summed E-state index contributed by atoms with van der Waals surface area (Å²) in [4.78, 5) is 26.3. The first-order valence-corrected chi connectivity index (χ1v) is 13.5. The highest BCUT2D eigenvalue weighted by atomic mass is 32.1. The molecule has 0 radical (unpaired) electrons. The van der Waals surface area contributed by atoms with Gasteiger partial charge >= 0.3 is 0 Å². The lowest BCUT2D eigenvalue weighted by Gasteiger charge is -2.14. The Hall–Kier alpha value is -5.15. The lowest BCUT2D eigenvalue weighted by molar-refractivity contribution is -0.114. The molecule has 0 fully saturated rings. The summed E-state index contributed by atoms with van der Waals surface area (Å²) in [7, 11) is 0. The van der Waals surface area contributed by atoms with Crippen LogP contribution in [-0.2, 0) is 4.79 Å². The molecule has 0 aliphatic carbocycles. The minimum absolute atomic E-state index is 0.128. The van der Waals surface area contributed by atoms with Crippen LogP contribution in [0.1, 0.15) is 12.5 Å². The predicted molar refractivity (Wildman–Crippen MR) is 170 cm³/mol. The summed E-state index contributed by atoms with van der Waals surface area (Å²) in [5.74, 6) is 0.970. The number of carbonyl (C=O) groups is 1. The number of aryl methyl sites for hydroxylation is 1. The van der Waals surface area contributed by atoms with E-state index in [4.69, 9.17) is 4.98 Å². The highest BCUT2D eigenvalue weighted by Gasteiger charge is 2.12. The second kappa shape index (κ2) is 11.1. The quantitative estimate of drug-likeness (QED) is 0.127. The zero-order chi connectivity index (χ0) is 28.3. The van der Waals surface area contributed by atoms with Crippen LogP contribution < -0.4 is 21.3 Å². The average Bonchev–Trinajstić information content (AvgIpc) is 2.95. The lowest BCUT2D eigenvalue weighted by atomic mass is 10.0. The van der Waals surface area contributed by atoms with Gasteiger partial charge in [0.1, 0.15) is 0 Å². The van der Waals surface area contributed by atoms with Gasteiger partial charge in [-0.15, -0.1) is 12.6 Å². The molecule has 0 saturated heterocycles. The largest absolute Gasteiger partial charge is 0.326 e. The van der Waals surface area contributed by atoms with Gasteiger partial charge in [0.05, 0.1) is 0 Å². The Morgan fingerprint density at radius 3 is 1.71 bits per heavy atom. The van der Waals surface area contributed by atoms with Crippen molar-refractivity contribution in [3.8, 4) is 0 Å². The maximum Gasteiger partial charge on any atom is 0.233 e. The molecule has 0 atom stereocenters. The Balaban J connectivity index is 1.38. The Kier molecular flexibility index (Phi) is 7.09. The zero-order valence-corrected chi connectivity index (χ0v) is 23.3. The summed E-state index contributed by atoms with van der Waals surface area (Å²) in [5.41, 5.74) is 4.39. The lowest BCUT2D eigenvalue weighted by Crippen LogP contribution is -2.08. The molecular formula is C32H27N7OS. The number of amides is 1. The zero-order valence-electron chi connectivity index (χ0n) is 22.4. The van der Waals surface area contributed by atoms with Crippen molar-refractivity contribution in [2.45, 2.75) is 18.7 Å². The Morgan fingerprint density at radius 1 is 0.585 bits per heavy atom. The van der Waals surface area contributed by atoms with Gasteiger partial charge in [-0.3, -0.25) is 4.79 Å². The van der Waals surface area contributed by atoms with Gasteiger partial charge in [0, 0.05) is 45.3 Å². The molecule has 1 aromatic heterocycles. The van der Waals surface area contributed by atoms with E-state index < -0.39 is 0 Å². The van der Waals surface area contributed by atoms with Crippen molar-refractivity contribution in [2.75, 3.05) is 21.3 Å². The van der Waals surface area contributed by atoms with Crippen molar-refractivity contribution in [2.24, 2.45) is 0 Å². The number of anilines is 7. The second-order valence-electron chi connectivity index (χ2n) is 9.59. The van der Waals surface area contributed by atoms with Crippen molar-refractivity contribution in [3.05, 3.63) is 103 Å². The summed E-state index contributed by atoms with van der Waals surface area (Å²) in [5, 5.41) is 17.1. The Labute approximate surface area is 242 Å². The molecule has 1 amide bonds. The van der Waals surface area contributed by atoms with E-state index >= 15 is 0 Å². The third kappa shape index (κ3) is 5.75. The predicted octanol–water partition coefficient (Wildman–Crippen LogP) is 7.96. The van der Waals surface area contributed by atoms with E-state index in [9.17, 15) is 4.79 Å². The van der Waals surface area contributed by atoms with Gasteiger partial charge in [-0.25, -0.2) is 0 Å². The normalized spacial score (nSPS) is 10.9. The van der Waals surface area contributed by atoms with Crippen molar-refractivity contribution >= 4 is 80.7 Å². The number of aromatic nitrogens is 3. The first kappa shape index (κ1) is 26.1. The van der Waals surface area contributed by atoms with Crippen molar-refractivity contribution < 1.29 is 4.79 Å². The fourth-order valence-electron chi connectivity index (χ4n) is 4.73. The Morgan fingerprint density at radius 2 is 1.07 bits per heavy atom. The number of fused-ring (bicyclic) bond motifs is 2. The van der Waals surface area contributed by atoms with Crippen LogP contribution in [0.25, 0.3) is 21.5 Å². The summed E-state index contributed by atoms with van der Waals surface area (Å²) in [6.45, 7) is 3.57. The van der Waals surface area contributed by atoms with Gasteiger partial charge in [0.25, 0.3) is 0 Å². The van der Waals surface area contributed by atoms with Crippen LogP contribution in [-0.4, -0.2) is 20.9 Å². The number of thiol groups is 1. The number of nitrogens with zero attached hydrogens (tertiary/aromatic N) is 3. The first-order valence-electron chi connectivity index (χ1n) is 13.1. The van der Waals surface area contributed by atoms with E-state index in [0.29, 0.717) is 23.5 Å². The molecule has 0 aliphatic rings. The minimum atomic E-state index is -0.128. The highest BCUT2D eigenvalue weighted by molar-refractivity contribution is 7.80. The van der Waals surface area contributed by atoms with Crippen molar-refractivity contribution in [3.63, 3.8) is 0 Å². The molecule has 0 spiro atoms. The van der Waals surface area contributed by atoms with Crippen LogP contribution in [0.4, 0.5) is 40.6 Å². The smallest absolute Gasteiger partial charge is 0.233 e. The van der Waals surface area contributed by atoms with Crippen LogP contribution >= 0.6 is 12.6 Å². The number of carbonyl (C=O) groups excluding carboxylic acids is 1. The third-order valence-corrected chi connectivity index (χ3v) is 7.02. The molecule has 0 bridgehead atoms. The van der Waals surface area contributed by atoms with Crippen molar-refractivity contribution in [1.82, 2.24) is 15.0 Å². The fraction of sp³-hybridized carbons (Fsp3) is 0.0625. The molecule has 0 unspecified atom stereocenters. The first-order chi connectivity index (χ1) is 19.9. The maximum atomic E-state index is 11.4. The van der Waals surface area contributed by atoms with Crippen LogP contribution in [0.3, 0.4) is 0 Å². The molecule has 6 aromatic rings. The maximum absolute atomic E-state index is 11.4. The standard InChI is InChI=1S/C32H27N7OS/c1-19-7-3-9-24-23(19)8-4-12-27(24)35-31-37-30(34-22-17-15-21(16-18-22)33-20(2)40)38-32(39-31)36-28-13-5-11-26-25(28)10-6-14-29(26)41/h3-18,41H,1-2H3,(H,33,40)(H3,34,35,36,37,38,39). The van der Waals surface area contributed by atoms with Gasteiger partial charge in [-0.2, -0.15) is 15.0 Å². The van der Waals surface area contributed by atoms with E-state index in [0.717, 1.165) is 43.5 Å². The molecule has 0 aliphatic heterocycles. The van der Waals surface area contributed by atoms with Crippen LogP contribution in [0.5, 0.6) is 0 Å². The van der Waals surface area contributed by atoms with Crippen LogP contribution in [0.2, 0.25) is 0 Å². The molecule has 5 aromatic carbocycles. The molecule has 202 valence electrons. The van der Waals surface area contributed by atoms with Gasteiger partial charge in [0.15, 0.2) is 0 Å². The van der Waals surface area contributed by atoms with Crippen LogP contribution in [0.15, 0.2) is 102 Å². The van der Waals surface area contributed by atoms with Crippen LogP contribution in [0, 0.1) is 6.92 Å². The third-order valence-electron chi connectivity index (χ3n) is 6.63. The fourth-order valence-corrected chi connectivity index (χ4v) is 5.01. The average molecular weight is 558 g/mol. The van der Waals surface area contributed by atoms with E-state index in [1.54, 1.807) is 0 Å². The number of hydrogen-bond donors (Lipinski definition) is 5. The number of rotatable bonds is 7. The molecule has 9 heteroatoms. The summed E-state index contributed by atoms with van der Waals surface area (Å²) in [6, 6.07) is 31.6. The summed E-state index contributed by atoms with van der Waals surface area (Å²) < 4.78 is 0. The monoisotopic (exact) mass is 557 g/mol. The van der Waals surface area contributed by atoms with E-state index in [1.807, 2.05) is 78.9 Å². The molecule has 6 rings (SSSR count). The Bertz CT molecular complexity index is 1800. The molecule has 8 nitrogen and oxygen atoms in total. The molecule has 0 saturated carbocycles. The van der Waals surface area contributed by atoms with Gasteiger partial charge in [-0.1, -0.05) is 54.6 Å². The van der Waals surface area contributed by atoms with Gasteiger partial charge < -0.3 is 21.3 Å². The molecule has 41 heavy (non-hydrogen) atoms. The summed E-state index contributed by atoms with van der Waals surface area (Å²) >= 11 is 4.62. The molecular weight excluding hydrogens is 530 g/mol. The second-order valence-corrected chi connectivity index (χ2v) is 10.1. The summed E-state index contributed by atoms with van der Waals surface area (Å²) in [6.07, 6.45) is 0. The van der Waals surface area contributed by atoms with Crippen molar-refractivity contribution in [1.29, 1.82) is 0 Å². The number of benzene rings is 5. The van der Waals surface area contributed by atoms with Gasteiger partial charge in [0.2, 0.25) is 23.8 Å². The van der Waals surface area contributed by atoms with E-state index in [-0.39, 0.29) is 5.91 Å². The highest BCUT2D eigenvalue weighted by Crippen LogP contribution is 2.31. The van der Waals surface area contributed by atoms with E-state index in [1.165, 1.54) is 12.5 Å². The topological polar surface area (TPSA) is 104 Å².